The molecule has 140 valence electrons. The van der Waals surface area contributed by atoms with E-state index in [2.05, 4.69) is 34.1 Å². The Bertz CT molecular complexity index is 924. The number of thiazole rings is 1. The number of pyridine rings is 1. The van der Waals surface area contributed by atoms with Crippen molar-refractivity contribution in [2.75, 3.05) is 20.2 Å². The van der Waals surface area contributed by atoms with Gasteiger partial charge in [0.15, 0.2) is 0 Å². The topological polar surface area (TPSA) is 38.2 Å². The number of nitrogens with zero attached hydrogens (tertiary/aromatic N) is 3. The highest BCUT2D eigenvalue weighted by molar-refractivity contribution is 7.18. The molecule has 0 amide bonds. The molecule has 1 aliphatic heterocycles. The Kier molecular flexibility index (Phi) is 4.58. The Morgan fingerprint density at radius 1 is 1.04 bits per heavy atom. The number of fused-ring (bicyclic) bond motifs is 1. The molecule has 0 atom stereocenters. The molecule has 1 aliphatic carbocycles. The number of hydrogen-bond donors (Lipinski definition) is 0. The minimum absolute atomic E-state index is 0.646. The van der Waals surface area contributed by atoms with Crippen molar-refractivity contribution in [2.45, 2.75) is 44.1 Å². The highest BCUT2D eigenvalue weighted by Gasteiger charge is 2.36. The first-order valence-electron chi connectivity index (χ1n) is 9.95. The average molecular weight is 380 g/mol. The number of benzene rings is 1. The van der Waals surface area contributed by atoms with Crippen molar-refractivity contribution in [3.8, 4) is 17.0 Å². The summed E-state index contributed by atoms with van der Waals surface area (Å²) >= 11 is 1.87. The third kappa shape index (κ3) is 3.34. The maximum atomic E-state index is 5.15. The first-order chi connectivity index (χ1) is 13.3. The van der Waals surface area contributed by atoms with Gasteiger partial charge >= 0.3 is 0 Å². The molecule has 1 aromatic carbocycles. The van der Waals surface area contributed by atoms with Gasteiger partial charge in [0.05, 0.1) is 22.3 Å². The highest BCUT2D eigenvalue weighted by Crippen LogP contribution is 2.43. The summed E-state index contributed by atoms with van der Waals surface area (Å²) in [7, 11) is 1.64. The largest absolute Gasteiger partial charge is 0.481 e. The summed E-state index contributed by atoms with van der Waals surface area (Å²) in [6.07, 6.45) is 8.62. The fraction of sp³-hybridized carbons (Fsp3) is 0.455. The maximum Gasteiger partial charge on any atom is 0.212 e. The smallest absolute Gasteiger partial charge is 0.212 e. The van der Waals surface area contributed by atoms with Crippen LogP contribution >= 0.6 is 11.3 Å². The standard InChI is InChI=1S/C22H25N3OS/c1-26-21-8-6-16(14-23-21)15-5-7-19-20(13-15)27-22(24-19)17-11-18(12-17)25-9-3-2-4-10-25/h5-8,13-14,17-18H,2-4,9-12H2,1H3/t17-,18-. The molecule has 0 spiro atoms. The molecule has 5 heteroatoms. The van der Waals surface area contributed by atoms with Gasteiger partial charge in [-0.05, 0) is 62.5 Å². The van der Waals surface area contributed by atoms with Crippen LogP contribution in [0.2, 0.25) is 0 Å². The molecule has 1 saturated heterocycles. The Morgan fingerprint density at radius 3 is 2.59 bits per heavy atom. The fourth-order valence-corrected chi connectivity index (χ4v) is 5.47. The minimum atomic E-state index is 0.646. The molecule has 1 saturated carbocycles. The van der Waals surface area contributed by atoms with Gasteiger partial charge in [0, 0.05) is 29.8 Å². The van der Waals surface area contributed by atoms with Crippen LogP contribution in [-0.2, 0) is 0 Å². The lowest BCUT2D eigenvalue weighted by molar-refractivity contribution is 0.0888. The van der Waals surface area contributed by atoms with Crippen LogP contribution in [0, 0.1) is 0 Å². The van der Waals surface area contributed by atoms with Gasteiger partial charge in [0.2, 0.25) is 5.88 Å². The van der Waals surface area contributed by atoms with Gasteiger partial charge in [-0.25, -0.2) is 9.97 Å². The maximum absolute atomic E-state index is 5.15. The van der Waals surface area contributed by atoms with Crippen molar-refractivity contribution in [3.05, 3.63) is 41.5 Å². The number of methoxy groups -OCH3 is 1. The molecule has 2 aromatic heterocycles. The van der Waals surface area contributed by atoms with Crippen LogP contribution < -0.4 is 4.74 Å². The van der Waals surface area contributed by atoms with Gasteiger partial charge in [-0.2, -0.15) is 0 Å². The zero-order chi connectivity index (χ0) is 18.2. The molecule has 3 heterocycles. The van der Waals surface area contributed by atoms with Gasteiger partial charge in [-0.15, -0.1) is 11.3 Å². The molecule has 4 nitrogen and oxygen atoms in total. The summed E-state index contributed by atoms with van der Waals surface area (Å²) in [5.74, 6) is 1.30. The quantitative estimate of drug-likeness (QED) is 0.632. The number of aromatic nitrogens is 2. The number of ether oxygens (including phenoxy) is 1. The summed E-state index contributed by atoms with van der Waals surface area (Å²) in [5.41, 5.74) is 3.43. The predicted molar refractivity (Wildman–Crippen MR) is 111 cm³/mol. The van der Waals surface area contributed by atoms with Crippen LogP contribution in [0.4, 0.5) is 0 Å². The van der Waals surface area contributed by atoms with Crippen LogP contribution in [0.1, 0.15) is 43.0 Å². The lowest BCUT2D eigenvalue weighted by Crippen LogP contribution is -2.46. The molecule has 2 aliphatic rings. The summed E-state index contributed by atoms with van der Waals surface area (Å²) in [5, 5.41) is 1.32. The lowest BCUT2D eigenvalue weighted by atomic mass is 9.79. The minimum Gasteiger partial charge on any atom is -0.481 e. The van der Waals surface area contributed by atoms with Crippen molar-refractivity contribution in [2.24, 2.45) is 0 Å². The van der Waals surface area contributed by atoms with E-state index in [9.17, 15) is 0 Å². The van der Waals surface area contributed by atoms with Crippen LogP contribution in [-0.4, -0.2) is 41.1 Å². The lowest BCUT2D eigenvalue weighted by Gasteiger charge is -2.43. The van der Waals surface area contributed by atoms with Gasteiger partial charge in [0.25, 0.3) is 0 Å². The van der Waals surface area contributed by atoms with E-state index in [0.717, 1.165) is 17.1 Å². The normalized spacial score (nSPS) is 23.3. The summed E-state index contributed by atoms with van der Waals surface area (Å²) in [6, 6.07) is 11.3. The van der Waals surface area contributed by atoms with Gasteiger partial charge in [0.1, 0.15) is 0 Å². The van der Waals surface area contributed by atoms with E-state index in [0.29, 0.717) is 11.8 Å². The molecule has 27 heavy (non-hydrogen) atoms. The second-order valence-corrected chi connectivity index (χ2v) is 8.80. The zero-order valence-corrected chi connectivity index (χ0v) is 16.5. The van der Waals surface area contributed by atoms with E-state index >= 15 is 0 Å². The Labute approximate surface area is 164 Å². The van der Waals surface area contributed by atoms with E-state index in [4.69, 9.17) is 9.72 Å². The Balaban J connectivity index is 1.32. The van der Waals surface area contributed by atoms with E-state index in [1.807, 2.05) is 23.6 Å². The molecule has 0 unspecified atom stereocenters. The molecular weight excluding hydrogens is 354 g/mol. The van der Waals surface area contributed by atoms with Crippen LogP contribution in [0.15, 0.2) is 36.5 Å². The number of likely N-dealkylation sites (tertiary alicyclic amines) is 1. The molecule has 0 bridgehead atoms. The van der Waals surface area contributed by atoms with Gasteiger partial charge in [-0.1, -0.05) is 12.5 Å². The molecule has 3 aromatic rings. The van der Waals surface area contributed by atoms with Crippen molar-refractivity contribution >= 4 is 21.6 Å². The van der Waals surface area contributed by atoms with Crippen molar-refractivity contribution in [1.29, 1.82) is 0 Å². The second kappa shape index (κ2) is 7.21. The van der Waals surface area contributed by atoms with Crippen molar-refractivity contribution in [1.82, 2.24) is 14.9 Å². The second-order valence-electron chi connectivity index (χ2n) is 7.74. The molecule has 0 N–H and O–H groups in total. The monoisotopic (exact) mass is 379 g/mol. The first-order valence-corrected chi connectivity index (χ1v) is 10.8. The van der Waals surface area contributed by atoms with Crippen molar-refractivity contribution in [3.63, 3.8) is 0 Å². The van der Waals surface area contributed by atoms with Crippen molar-refractivity contribution < 1.29 is 4.74 Å². The summed E-state index contributed by atoms with van der Waals surface area (Å²) in [6.45, 7) is 2.60. The SMILES string of the molecule is COc1ccc(-c2ccc3nc([C@H]4C[C@H](N5CCCCC5)C4)sc3c2)cn1. The molecule has 0 radical (unpaired) electrons. The summed E-state index contributed by atoms with van der Waals surface area (Å²) < 4.78 is 6.43. The van der Waals surface area contributed by atoms with E-state index in [1.165, 1.54) is 60.5 Å². The van der Waals surface area contributed by atoms with Gasteiger partial charge in [-0.3, -0.25) is 0 Å². The third-order valence-corrected chi connectivity index (χ3v) is 7.23. The Morgan fingerprint density at radius 2 is 1.85 bits per heavy atom. The third-order valence-electron chi connectivity index (χ3n) is 6.05. The molecule has 5 rings (SSSR count). The predicted octanol–water partition coefficient (Wildman–Crippen LogP) is 5.10. The fourth-order valence-electron chi connectivity index (χ4n) is 4.34. The van der Waals surface area contributed by atoms with E-state index in [1.54, 1.807) is 7.11 Å². The number of rotatable bonds is 4. The van der Waals surface area contributed by atoms with Gasteiger partial charge < -0.3 is 9.64 Å². The number of piperidine rings is 1. The van der Waals surface area contributed by atoms with Crippen LogP contribution in [0.3, 0.4) is 0 Å². The first kappa shape index (κ1) is 17.1. The highest BCUT2D eigenvalue weighted by atomic mass is 32.1. The van der Waals surface area contributed by atoms with E-state index in [-0.39, 0.29) is 0 Å². The Hall–Kier alpha value is -1.98. The zero-order valence-electron chi connectivity index (χ0n) is 15.7. The average Bonchev–Trinajstić information content (AvgIpc) is 3.10. The molecule has 2 fully saturated rings. The molecular formula is C22H25N3OS. The van der Waals surface area contributed by atoms with Crippen LogP contribution in [0.25, 0.3) is 21.3 Å². The summed E-state index contributed by atoms with van der Waals surface area (Å²) in [4.78, 5) is 12.0. The number of hydrogen-bond acceptors (Lipinski definition) is 5. The van der Waals surface area contributed by atoms with E-state index < -0.39 is 0 Å². The van der Waals surface area contributed by atoms with Crippen LogP contribution in [0.5, 0.6) is 5.88 Å².